The third-order valence-corrected chi connectivity index (χ3v) is 3.76. The molecule has 0 amide bonds. The topological polar surface area (TPSA) is 57.8 Å². The summed E-state index contributed by atoms with van der Waals surface area (Å²) in [6, 6.07) is 5.37. The third kappa shape index (κ3) is 2.46. The Morgan fingerprint density at radius 1 is 1.32 bits per heavy atom. The Hall–Kier alpha value is -1.52. The number of hydrogen-bond donors (Lipinski definition) is 2. The highest BCUT2D eigenvalue weighted by Gasteiger charge is 2.18. The number of nitrogens with one attached hydrogen (secondary N) is 2. The number of anilines is 1. The largest absolute Gasteiger partial charge is 0.369 e. The molecule has 2 aromatic rings. The molecule has 98 valence electrons. The number of aromatic amines is 1. The summed E-state index contributed by atoms with van der Waals surface area (Å²) in [4.78, 5) is 18.2. The van der Waals surface area contributed by atoms with E-state index in [1.807, 2.05) is 6.07 Å². The molecule has 2 heterocycles. The molecule has 1 aliphatic heterocycles. The van der Waals surface area contributed by atoms with Crippen molar-refractivity contribution >= 4 is 29.0 Å². The monoisotopic (exact) mass is 295 g/mol. The van der Waals surface area contributed by atoms with Gasteiger partial charge in [-0.15, -0.1) is 0 Å². The number of hydrogen-bond acceptors (Lipinski definition) is 3. The van der Waals surface area contributed by atoms with Crippen molar-refractivity contribution in [3.63, 3.8) is 0 Å². The molecule has 0 spiro atoms. The quantitative estimate of drug-likeness (QED) is 0.895. The van der Waals surface area contributed by atoms with Crippen molar-refractivity contribution < 1.29 is 0 Å². The van der Waals surface area contributed by atoms with E-state index in [2.05, 4.69) is 15.3 Å². The van der Waals surface area contributed by atoms with Crippen LogP contribution in [0.25, 0.3) is 0 Å². The van der Waals surface area contributed by atoms with E-state index in [0.29, 0.717) is 22.3 Å². The van der Waals surface area contributed by atoms with Gasteiger partial charge in [0.15, 0.2) is 0 Å². The van der Waals surface area contributed by atoms with E-state index in [-0.39, 0.29) is 5.69 Å². The predicted molar refractivity (Wildman–Crippen MR) is 76.3 cm³/mol. The fourth-order valence-corrected chi connectivity index (χ4v) is 2.75. The van der Waals surface area contributed by atoms with Crippen LogP contribution >= 0.6 is 23.2 Å². The summed E-state index contributed by atoms with van der Waals surface area (Å²) in [5.41, 5.74) is 2.52. The molecule has 2 N–H and O–H groups in total. The Labute approximate surface area is 119 Å². The van der Waals surface area contributed by atoms with Crippen LogP contribution in [-0.4, -0.2) is 16.5 Å². The summed E-state index contributed by atoms with van der Waals surface area (Å²) in [5, 5.41) is 4.31. The Kier molecular flexibility index (Phi) is 3.21. The maximum Gasteiger partial charge on any atom is 0.347 e. The van der Waals surface area contributed by atoms with Gasteiger partial charge in [-0.2, -0.15) is 4.98 Å². The van der Waals surface area contributed by atoms with Gasteiger partial charge in [0.25, 0.3) is 0 Å². The van der Waals surface area contributed by atoms with Gasteiger partial charge in [0, 0.05) is 34.3 Å². The van der Waals surface area contributed by atoms with Crippen LogP contribution in [0, 0.1) is 0 Å². The third-order valence-electron chi connectivity index (χ3n) is 3.17. The second-order valence-corrected chi connectivity index (χ2v) is 5.28. The predicted octanol–water partition coefficient (Wildman–Crippen LogP) is 2.64. The lowest BCUT2D eigenvalue weighted by Crippen LogP contribution is -2.15. The van der Waals surface area contributed by atoms with E-state index in [1.54, 1.807) is 12.1 Å². The van der Waals surface area contributed by atoms with Gasteiger partial charge in [0.2, 0.25) is 0 Å². The highest BCUT2D eigenvalue weighted by atomic mass is 35.5. The molecule has 0 bridgehead atoms. The molecule has 1 aromatic heterocycles. The molecule has 19 heavy (non-hydrogen) atoms. The van der Waals surface area contributed by atoms with Crippen molar-refractivity contribution in [1.29, 1.82) is 0 Å². The molecule has 6 heteroatoms. The lowest BCUT2D eigenvalue weighted by atomic mass is 10.0. The van der Waals surface area contributed by atoms with Gasteiger partial charge in [-0.1, -0.05) is 29.3 Å². The van der Waals surface area contributed by atoms with Crippen molar-refractivity contribution in [3.8, 4) is 0 Å². The SMILES string of the molecule is O=c1nc2c(c(Cc3ccc(Cl)cc3Cl)[nH]1)CCN2. The first kappa shape index (κ1) is 12.5. The van der Waals surface area contributed by atoms with Crippen LogP contribution in [0.15, 0.2) is 23.0 Å². The highest BCUT2D eigenvalue weighted by molar-refractivity contribution is 6.35. The van der Waals surface area contributed by atoms with Gasteiger partial charge in [0.1, 0.15) is 5.82 Å². The van der Waals surface area contributed by atoms with E-state index in [0.717, 1.165) is 29.8 Å². The lowest BCUT2D eigenvalue weighted by Gasteiger charge is -2.08. The van der Waals surface area contributed by atoms with Crippen LogP contribution in [0.2, 0.25) is 10.0 Å². The van der Waals surface area contributed by atoms with Gasteiger partial charge in [-0.3, -0.25) is 0 Å². The number of H-pyrrole nitrogens is 1. The maximum atomic E-state index is 11.5. The van der Waals surface area contributed by atoms with E-state index in [1.165, 1.54) is 0 Å². The molecule has 0 fully saturated rings. The molecular weight excluding hydrogens is 285 g/mol. The zero-order valence-electron chi connectivity index (χ0n) is 9.96. The number of nitrogens with zero attached hydrogens (tertiary/aromatic N) is 1. The van der Waals surface area contributed by atoms with Crippen LogP contribution in [-0.2, 0) is 12.8 Å². The van der Waals surface area contributed by atoms with Crippen molar-refractivity contribution in [2.45, 2.75) is 12.8 Å². The van der Waals surface area contributed by atoms with Crippen LogP contribution in [0.5, 0.6) is 0 Å². The van der Waals surface area contributed by atoms with Crippen LogP contribution in [0.3, 0.4) is 0 Å². The van der Waals surface area contributed by atoms with Gasteiger partial charge in [-0.05, 0) is 24.1 Å². The van der Waals surface area contributed by atoms with Gasteiger partial charge in [-0.25, -0.2) is 4.79 Å². The molecule has 0 unspecified atom stereocenters. The Morgan fingerprint density at radius 2 is 2.16 bits per heavy atom. The maximum absolute atomic E-state index is 11.5. The first-order valence-electron chi connectivity index (χ1n) is 5.93. The average molecular weight is 296 g/mol. The number of fused-ring (bicyclic) bond motifs is 1. The zero-order valence-corrected chi connectivity index (χ0v) is 11.5. The van der Waals surface area contributed by atoms with Crippen LogP contribution in [0.1, 0.15) is 16.8 Å². The number of benzene rings is 1. The van der Waals surface area contributed by atoms with Crippen molar-refractivity contribution in [3.05, 3.63) is 55.5 Å². The van der Waals surface area contributed by atoms with Crippen LogP contribution in [0.4, 0.5) is 5.82 Å². The second kappa shape index (κ2) is 4.87. The summed E-state index contributed by atoms with van der Waals surface area (Å²) in [7, 11) is 0. The van der Waals surface area contributed by atoms with E-state index >= 15 is 0 Å². The fraction of sp³-hybridized carbons (Fsp3) is 0.231. The standard InChI is InChI=1S/C13H11Cl2N3O/c14-8-2-1-7(10(15)6-8)5-11-9-3-4-16-12(9)18-13(19)17-11/h1-2,6H,3-5H2,(H2,16,17,18,19). The van der Waals surface area contributed by atoms with Crippen molar-refractivity contribution in [2.75, 3.05) is 11.9 Å². The zero-order chi connectivity index (χ0) is 13.4. The second-order valence-electron chi connectivity index (χ2n) is 4.44. The molecule has 0 radical (unpaired) electrons. The lowest BCUT2D eigenvalue weighted by molar-refractivity contribution is 0.949. The van der Waals surface area contributed by atoms with Crippen molar-refractivity contribution in [2.24, 2.45) is 0 Å². The molecule has 3 rings (SSSR count). The summed E-state index contributed by atoms with van der Waals surface area (Å²) in [5.74, 6) is 0.684. The normalized spacial score (nSPS) is 13.2. The number of halogens is 2. The summed E-state index contributed by atoms with van der Waals surface area (Å²) < 4.78 is 0. The Morgan fingerprint density at radius 3 is 2.95 bits per heavy atom. The Balaban J connectivity index is 2.02. The molecule has 0 aliphatic carbocycles. The highest BCUT2D eigenvalue weighted by Crippen LogP contribution is 2.26. The first-order valence-corrected chi connectivity index (χ1v) is 6.69. The fourth-order valence-electron chi connectivity index (χ4n) is 2.27. The van der Waals surface area contributed by atoms with Gasteiger partial charge >= 0.3 is 5.69 Å². The summed E-state index contributed by atoms with van der Waals surface area (Å²) in [6.07, 6.45) is 1.43. The van der Waals surface area contributed by atoms with E-state index in [9.17, 15) is 4.79 Å². The molecule has 0 saturated carbocycles. The smallest absolute Gasteiger partial charge is 0.347 e. The van der Waals surface area contributed by atoms with E-state index < -0.39 is 0 Å². The van der Waals surface area contributed by atoms with Crippen molar-refractivity contribution in [1.82, 2.24) is 9.97 Å². The molecular formula is C13H11Cl2N3O. The molecule has 4 nitrogen and oxygen atoms in total. The molecule has 1 aromatic carbocycles. The first-order chi connectivity index (χ1) is 9.13. The molecule has 1 aliphatic rings. The number of rotatable bonds is 2. The summed E-state index contributed by atoms with van der Waals surface area (Å²) in [6.45, 7) is 0.807. The summed E-state index contributed by atoms with van der Waals surface area (Å²) >= 11 is 12.0. The van der Waals surface area contributed by atoms with Crippen LogP contribution < -0.4 is 11.0 Å². The number of aromatic nitrogens is 2. The minimum absolute atomic E-state index is 0.340. The Bertz CT molecular complexity index is 697. The molecule has 0 atom stereocenters. The average Bonchev–Trinajstić information content (AvgIpc) is 2.80. The minimum atomic E-state index is -0.340. The van der Waals surface area contributed by atoms with Gasteiger partial charge in [0.05, 0.1) is 0 Å². The molecule has 0 saturated heterocycles. The minimum Gasteiger partial charge on any atom is -0.369 e. The van der Waals surface area contributed by atoms with E-state index in [4.69, 9.17) is 23.2 Å². The van der Waals surface area contributed by atoms with Gasteiger partial charge < -0.3 is 10.3 Å².